The average molecular weight is 270 g/mol. The number of aliphatic hydroxyl groups excluding tert-OH is 1. The van der Waals surface area contributed by atoms with Crippen LogP contribution in [0.15, 0.2) is 0 Å². The lowest BCUT2D eigenvalue weighted by molar-refractivity contribution is -0.149. The van der Waals surface area contributed by atoms with Crippen LogP contribution in [0.3, 0.4) is 0 Å². The molecule has 0 amide bonds. The first kappa shape index (κ1) is 13.9. The molecule has 102 valence electrons. The summed E-state index contributed by atoms with van der Waals surface area (Å²) in [5, 5.41) is 10.6. The van der Waals surface area contributed by atoms with E-state index in [1.165, 1.54) is 4.88 Å². The number of nitrogens with zero attached hydrogens (tertiary/aromatic N) is 2. The molecule has 0 aliphatic carbocycles. The molecule has 1 aliphatic heterocycles. The number of hydrogen-bond acceptors (Lipinski definition) is 5. The SMILES string of the molecule is Cc1nc(C)c(C(C)N(C)CC2(CO)COC2)s1. The fourth-order valence-electron chi connectivity index (χ4n) is 2.42. The highest BCUT2D eigenvalue weighted by Gasteiger charge is 2.40. The van der Waals surface area contributed by atoms with Crippen molar-refractivity contribution in [2.24, 2.45) is 5.41 Å². The molecule has 2 heterocycles. The van der Waals surface area contributed by atoms with Crippen molar-refractivity contribution < 1.29 is 9.84 Å². The van der Waals surface area contributed by atoms with Crippen molar-refractivity contribution >= 4 is 11.3 Å². The van der Waals surface area contributed by atoms with Crippen LogP contribution in [0.1, 0.15) is 28.5 Å². The number of thiazole rings is 1. The first-order valence-corrected chi connectivity index (χ1v) is 7.12. The maximum atomic E-state index is 9.48. The predicted molar refractivity (Wildman–Crippen MR) is 73.0 cm³/mol. The lowest BCUT2D eigenvalue weighted by Crippen LogP contribution is -2.52. The van der Waals surface area contributed by atoms with E-state index < -0.39 is 0 Å². The van der Waals surface area contributed by atoms with E-state index in [1.54, 1.807) is 11.3 Å². The normalized spacial score (nSPS) is 19.9. The summed E-state index contributed by atoms with van der Waals surface area (Å²) in [6, 6.07) is 0.334. The fourth-order valence-corrected chi connectivity index (χ4v) is 3.47. The Balaban J connectivity index is 2.04. The van der Waals surface area contributed by atoms with Crippen LogP contribution in [0.25, 0.3) is 0 Å². The summed E-state index contributed by atoms with van der Waals surface area (Å²) < 4.78 is 5.25. The maximum Gasteiger partial charge on any atom is 0.0900 e. The minimum Gasteiger partial charge on any atom is -0.396 e. The van der Waals surface area contributed by atoms with E-state index in [9.17, 15) is 5.11 Å². The van der Waals surface area contributed by atoms with Crippen molar-refractivity contribution in [3.05, 3.63) is 15.6 Å². The summed E-state index contributed by atoms with van der Waals surface area (Å²) in [5.41, 5.74) is 1.07. The number of aliphatic hydroxyl groups is 1. The topological polar surface area (TPSA) is 45.6 Å². The summed E-state index contributed by atoms with van der Waals surface area (Å²) in [7, 11) is 2.11. The van der Waals surface area contributed by atoms with Crippen LogP contribution in [0.5, 0.6) is 0 Å². The van der Waals surface area contributed by atoms with Gasteiger partial charge in [-0.2, -0.15) is 0 Å². The van der Waals surface area contributed by atoms with Crippen molar-refractivity contribution in [2.45, 2.75) is 26.8 Å². The number of hydrogen-bond donors (Lipinski definition) is 1. The van der Waals surface area contributed by atoms with Crippen molar-refractivity contribution in [1.82, 2.24) is 9.88 Å². The quantitative estimate of drug-likeness (QED) is 0.885. The highest BCUT2D eigenvalue weighted by Crippen LogP contribution is 2.33. The van der Waals surface area contributed by atoms with Gasteiger partial charge in [-0.05, 0) is 27.8 Å². The second-order valence-electron chi connectivity index (χ2n) is 5.42. The van der Waals surface area contributed by atoms with Crippen molar-refractivity contribution in [3.8, 4) is 0 Å². The van der Waals surface area contributed by atoms with Gasteiger partial charge in [-0.1, -0.05) is 0 Å². The van der Waals surface area contributed by atoms with Gasteiger partial charge in [-0.25, -0.2) is 4.98 Å². The Morgan fingerprint density at radius 1 is 1.50 bits per heavy atom. The van der Waals surface area contributed by atoms with E-state index in [4.69, 9.17) is 4.74 Å². The Morgan fingerprint density at radius 2 is 2.17 bits per heavy atom. The van der Waals surface area contributed by atoms with Gasteiger partial charge in [-0.15, -0.1) is 11.3 Å². The lowest BCUT2D eigenvalue weighted by atomic mass is 9.86. The summed E-state index contributed by atoms with van der Waals surface area (Å²) >= 11 is 1.76. The smallest absolute Gasteiger partial charge is 0.0900 e. The lowest BCUT2D eigenvalue weighted by Gasteiger charge is -2.43. The van der Waals surface area contributed by atoms with Gasteiger partial charge in [0.2, 0.25) is 0 Å². The van der Waals surface area contributed by atoms with Crippen LogP contribution >= 0.6 is 11.3 Å². The van der Waals surface area contributed by atoms with Gasteiger partial charge in [0, 0.05) is 17.5 Å². The van der Waals surface area contributed by atoms with Crippen LogP contribution in [-0.2, 0) is 4.74 Å². The zero-order chi connectivity index (χ0) is 13.3. The van der Waals surface area contributed by atoms with Gasteiger partial charge in [0.1, 0.15) is 0 Å². The Kier molecular flexibility index (Phi) is 4.06. The Labute approximate surface area is 113 Å². The molecule has 1 fully saturated rings. The molecule has 0 spiro atoms. The van der Waals surface area contributed by atoms with Crippen LogP contribution in [0.2, 0.25) is 0 Å². The summed E-state index contributed by atoms with van der Waals surface area (Å²) in [4.78, 5) is 8.10. The van der Waals surface area contributed by atoms with Crippen molar-refractivity contribution in [1.29, 1.82) is 0 Å². The zero-order valence-corrected chi connectivity index (χ0v) is 12.4. The second-order valence-corrected chi connectivity index (χ2v) is 6.66. The first-order valence-electron chi connectivity index (χ1n) is 6.30. The molecule has 1 saturated heterocycles. The van der Waals surface area contributed by atoms with Crippen LogP contribution < -0.4 is 0 Å². The fraction of sp³-hybridized carbons (Fsp3) is 0.769. The number of aromatic nitrogens is 1. The number of aryl methyl sites for hydroxylation is 2. The summed E-state index contributed by atoms with van der Waals surface area (Å²) in [6.45, 7) is 8.71. The van der Waals surface area contributed by atoms with Crippen LogP contribution in [-0.4, -0.2) is 48.4 Å². The monoisotopic (exact) mass is 270 g/mol. The minimum absolute atomic E-state index is 0.0589. The second kappa shape index (κ2) is 5.25. The molecular formula is C13H22N2O2S. The van der Waals surface area contributed by atoms with E-state index in [-0.39, 0.29) is 12.0 Å². The standard InChI is InChI=1S/C13H22N2O2S/c1-9-12(18-11(3)14-9)10(2)15(4)5-13(6-16)7-17-8-13/h10,16H,5-8H2,1-4H3. The van der Waals surface area contributed by atoms with Gasteiger partial charge in [-0.3, -0.25) is 4.90 Å². The highest BCUT2D eigenvalue weighted by atomic mass is 32.1. The first-order chi connectivity index (χ1) is 8.47. The van der Waals surface area contributed by atoms with Gasteiger partial charge >= 0.3 is 0 Å². The average Bonchev–Trinajstić information content (AvgIpc) is 2.61. The molecule has 4 nitrogen and oxygen atoms in total. The molecule has 0 aromatic carbocycles. The molecule has 1 atom stereocenters. The molecule has 1 N–H and O–H groups in total. The highest BCUT2D eigenvalue weighted by molar-refractivity contribution is 7.11. The molecule has 1 aromatic rings. The van der Waals surface area contributed by atoms with Crippen LogP contribution in [0.4, 0.5) is 0 Å². The van der Waals surface area contributed by atoms with Gasteiger partial charge in [0.05, 0.1) is 35.9 Å². The van der Waals surface area contributed by atoms with E-state index >= 15 is 0 Å². The van der Waals surface area contributed by atoms with Crippen LogP contribution in [0, 0.1) is 19.3 Å². The summed E-state index contributed by atoms with van der Waals surface area (Å²) in [5.74, 6) is 0. The predicted octanol–water partition coefficient (Wildman–Crippen LogP) is 1.76. The largest absolute Gasteiger partial charge is 0.396 e. The maximum absolute atomic E-state index is 9.48. The molecule has 5 heteroatoms. The van der Waals surface area contributed by atoms with Gasteiger partial charge in [0.15, 0.2) is 0 Å². The number of ether oxygens (including phenoxy) is 1. The Hall–Kier alpha value is -0.490. The molecule has 2 rings (SSSR count). The van der Waals surface area contributed by atoms with Gasteiger partial charge in [0.25, 0.3) is 0 Å². The molecule has 0 saturated carbocycles. The van der Waals surface area contributed by atoms with Crippen molar-refractivity contribution in [2.75, 3.05) is 33.4 Å². The van der Waals surface area contributed by atoms with E-state index in [2.05, 4.69) is 30.8 Å². The molecule has 18 heavy (non-hydrogen) atoms. The van der Waals surface area contributed by atoms with Crippen molar-refractivity contribution in [3.63, 3.8) is 0 Å². The molecule has 0 bridgehead atoms. The third-order valence-electron chi connectivity index (χ3n) is 3.72. The molecule has 1 aliphatic rings. The van der Waals surface area contributed by atoms with E-state index in [0.717, 1.165) is 17.2 Å². The molecule has 1 unspecified atom stereocenters. The Bertz CT molecular complexity index is 410. The summed E-state index contributed by atoms with van der Waals surface area (Å²) in [6.07, 6.45) is 0. The third kappa shape index (κ3) is 2.59. The van der Waals surface area contributed by atoms with E-state index in [1.807, 2.05) is 6.92 Å². The minimum atomic E-state index is -0.0589. The van der Waals surface area contributed by atoms with E-state index in [0.29, 0.717) is 19.3 Å². The Morgan fingerprint density at radius 3 is 2.56 bits per heavy atom. The van der Waals surface area contributed by atoms with Gasteiger partial charge < -0.3 is 9.84 Å². The number of rotatable bonds is 5. The third-order valence-corrected chi connectivity index (χ3v) is 4.96. The molecule has 1 aromatic heterocycles. The molecular weight excluding hydrogens is 248 g/mol. The zero-order valence-electron chi connectivity index (χ0n) is 11.6. The molecule has 0 radical (unpaired) electrons.